The van der Waals surface area contributed by atoms with Crippen molar-refractivity contribution >= 4 is 8.41 Å². The van der Waals surface area contributed by atoms with E-state index in [1.165, 1.54) is 13.1 Å². The molecule has 1 fully saturated rings. The summed E-state index contributed by atoms with van der Waals surface area (Å²) in [6, 6.07) is 0. The average Bonchev–Trinajstić information content (AvgIpc) is 2.04. The summed E-state index contributed by atoms with van der Waals surface area (Å²) >= 11 is 0. The third-order valence-corrected chi connectivity index (χ3v) is 2.19. The fraction of sp³-hybridized carbons (Fsp3) is 1.00. The van der Waals surface area contributed by atoms with Crippen LogP contribution >= 0.6 is 0 Å². The number of hydrogen-bond donors (Lipinski definition) is 0. The highest BCUT2D eigenvalue weighted by Crippen LogP contribution is 1.97. The van der Waals surface area contributed by atoms with E-state index in [9.17, 15) is 0 Å². The Morgan fingerprint density at radius 1 is 0.727 bits per heavy atom. The van der Waals surface area contributed by atoms with Crippen LogP contribution in [-0.2, 0) is 0 Å². The Balaban J connectivity index is 0.000001000. The number of hydrazine groups is 1. The third kappa shape index (κ3) is 3.23. The fourth-order valence-corrected chi connectivity index (χ4v) is 1.08. The van der Waals surface area contributed by atoms with Crippen molar-refractivity contribution in [3.8, 4) is 0 Å². The van der Waals surface area contributed by atoms with Crippen molar-refractivity contribution in [2.24, 2.45) is 0 Å². The third-order valence-electron chi connectivity index (χ3n) is 2.19. The van der Waals surface area contributed by atoms with E-state index in [-0.39, 0.29) is 8.41 Å². The summed E-state index contributed by atoms with van der Waals surface area (Å²) in [5.74, 6) is 0. The van der Waals surface area contributed by atoms with Crippen LogP contribution in [0.15, 0.2) is 0 Å². The largest absolute Gasteiger partial charge is 0.304 e. The zero-order chi connectivity index (χ0) is 7.56. The SMILES string of the molecule is CN1CCN(C)N(C)CC1.[B]. The summed E-state index contributed by atoms with van der Waals surface area (Å²) in [4.78, 5) is 2.36. The first-order valence-corrected chi connectivity index (χ1v) is 3.81. The van der Waals surface area contributed by atoms with Gasteiger partial charge in [-0.05, 0) is 7.05 Å². The van der Waals surface area contributed by atoms with Gasteiger partial charge in [-0.25, -0.2) is 10.0 Å². The van der Waals surface area contributed by atoms with Crippen LogP contribution in [-0.4, -0.2) is 70.7 Å². The molecule has 0 saturated carbocycles. The van der Waals surface area contributed by atoms with Crippen molar-refractivity contribution in [1.29, 1.82) is 0 Å². The maximum Gasteiger partial charge on any atom is 0.0257 e. The van der Waals surface area contributed by atoms with Crippen LogP contribution in [0.5, 0.6) is 0 Å². The molecule has 0 spiro atoms. The van der Waals surface area contributed by atoms with Crippen molar-refractivity contribution in [1.82, 2.24) is 14.9 Å². The van der Waals surface area contributed by atoms with E-state index in [4.69, 9.17) is 0 Å². The minimum absolute atomic E-state index is 0. The Morgan fingerprint density at radius 3 is 1.45 bits per heavy atom. The lowest BCUT2D eigenvalue weighted by Gasteiger charge is -2.24. The normalized spacial score (nSPS) is 24.3. The van der Waals surface area contributed by atoms with Gasteiger partial charge < -0.3 is 4.90 Å². The molecule has 3 radical (unpaired) electrons. The lowest BCUT2D eigenvalue weighted by molar-refractivity contribution is 0.0439. The smallest absolute Gasteiger partial charge is 0.0257 e. The molecule has 1 rings (SSSR count). The Bertz CT molecular complexity index is 97.9. The lowest BCUT2D eigenvalue weighted by atomic mass is 10.5. The van der Waals surface area contributed by atoms with Crippen LogP contribution < -0.4 is 0 Å². The maximum absolute atomic E-state index is 2.36. The van der Waals surface area contributed by atoms with Crippen LogP contribution in [0.3, 0.4) is 0 Å². The lowest BCUT2D eigenvalue weighted by Crippen LogP contribution is -2.37. The monoisotopic (exact) mass is 154 g/mol. The predicted molar refractivity (Wildman–Crippen MR) is 48.5 cm³/mol. The molecule has 0 atom stereocenters. The van der Waals surface area contributed by atoms with Gasteiger partial charge in [0, 0.05) is 48.7 Å². The molecule has 0 N–H and O–H groups in total. The van der Waals surface area contributed by atoms with Crippen LogP contribution in [0.1, 0.15) is 0 Å². The van der Waals surface area contributed by atoms with Gasteiger partial charge in [0.15, 0.2) is 0 Å². The summed E-state index contributed by atoms with van der Waals surface area (Å²) in [7, 11) is 6.45. The van der Waals surface area contributed by atoms with E-state index in [0.29, 0.717) is 0 Å². The van der Waals surface area contributed by atoms with E-state index in [2.05, 4.69) is 36.1 Å². The number of hydrogen-bond acceptors (Lipinski definition) is 3. The van der Waals surface area contributed by atoms with Crippen molar-refractivity contribution in [2.45, 2.75) is 0 Å². The molecular formula is C7H17BN3. The topological polar surface area (TPSA) is 9.72 Å². The summed E-state index contributed by atoms with van der Waals surface area (Å²) in [5, 5.41) is 4.53. The molecule has 0 aliphatic carbocycles. The Morgan fingerprint density at radius 2 is 1.09 bits per heavy atom. The molecule has 0 amide bonds. The summed E-state index contributed by atoms with van der Waals surface area (Å²) in [6.45, 7) is 4.65. The van der Waals surface area contributed by atoms with Crippen LogP contribution in [0.2, 0.25) is 0 Å². The van der Waals surface area contributed by atoms with Crippen molar-refractivity contribution in [2.75, 3.05) is 47.3 Å². The molecule has 63 valence electrons. The van der Waals surface area contributed by atoms with Gasteiger partial charge in [-0.1, -0.05) is 0 Å². The first-order chi connectivity index (χ1) is 4.70. The summed E-state index contributed by atoms with van der Waals surface area (Å²) < 4.78 is 0. The molecule has 0 aromatic carbocycles. The van der Waals surface area contributed by atoms with Gasteiger partial charge in [0.2, 0.25) is 0 Å². The molecule has 4 heteroatoms. The average molecular weight is 154 g/mol. The number of likely N-dealkylation sites (N-methyl/N-ethyl adjacent to an activating group) is 3. The molecule has 0 unspecified atom stereocenters. The Kier molecular flexibility index (Phi) is 4.72. The first-order valence-electron chi connectivity index (χ1n) is 3.81. The van der Waals surface area contributed by atoms with Crippen molar-refractivity contribution < 1.29 is 0 Å². The first kappa shape index (κ1) is 10.9. The van der Waals surface area contributed by atoms with Crippen molar-refractivity contribution in [3.05, 3.63) is 0 Å². The quantitative estimate of drug-likeness (QED) is 0.428. The second-order valence-corrected chi connectivity index (χ2v) is 3.07. The molecule has 0 bridgehead atoms. The highest BCUT2D eigenvalue weighted by atomic mass is 15.6. The van der Waals surface area contributed by atoms with E-state index in [1.807, 2.05) is 0 Å². The Hall–Kier alpha value is -0.0551. The zero-order valence-electron chi connectivity index (χ0n) is 7.75. The van der Waals surface area contributed by atoms with E-state index < -0.39 is 0 Å². The number of rotatable bonds is 0. The van der Waals surface area contributed by atoms with Crippen LogP contribution in [0.4, 0.5) is 0 Å². The minimum atomic E-state index is 0. The predicted octanol–water partition coefficient (Wildman–Crippen LogP) is -0.670. The van der Waals surface area contributed by atoms with Gasteiger partial charge in [-0.3, -0.25) is 0 Å². The standard InChI is InChI=1S/C7H17N3.B/c1-8-4-6-9(2)10(3)7-5-8;/h4-7H2,1-3H3;. The molecule has 0 aromatic heterocycles. The van der Waals surface area contributed by atoms with Gasteiger partial charge in [0.05, 0.1) is 0 Å². The molecule has 1 heterocycles. The second-order valence-electron chi connectivity index (χ2n) is 3.07. The summed E-state index contributed by atoms with van der Waals surface area (Å²) in [5.41, 5.74) is 0. The maximum atomic E-state index is 2.36. The molecule has 3 nitrogen and oxygen atoms in total. The Labute approximate surface area is 71.5 Å². The second kappa shape index (κ2) is 4.75. The number of nitrogens with zero attached hydrogens (tertiary/aromatic N) is 3. The van der Waals surface area contributed by atoms with E-state index in [1.54, 1.807) is 0 Å². The van der Waals surface area contributed by atoms with E-state index in [0.717, 1.165) is 13.1 Å². The van der Waals surface area contributed by atoms with E-state index >= 15 is 0 Å². The molecule has 11 heavy (non-hydrogen) atoms. The van der Waals surface area contributed by atoms with Gasteiger partial charge in [0.25, 0.3) is 0 Å². The fourth-order valence-electron chi connectivity index (χ4n) is 1.08. The zero-order valence-corrected chi connectivity index (χ0v) is 7.75. The molecule has 1 aliphatic heterocycles. The van der Waals surface area contributed by atoms with Crippen LogP contribution in [0.25, 0.3) is 0 Å². The van der Waals surface area contributed by atoms with Gasteiger partial charge in [-0.2, -0.15) is 0 Å². The van der Waals surface area contributed by atoms with Crippen LogP contribution in [0, 0.1) is 0 Å². The summed E-state index contributed by atoms with van der Waals surface area (Å²) in [6.07, 6.45) is 0. The molecular weight excluding hydrogens is 137 g/mol. The molecule has 0 aromatic rings. The highest BCUT2D eigenvalue weighted by Gasteiger charge is 2.11. The van der Waals surface area contributed by atoms with Gasteiger partial charge in [0.1, 0.15) is 0 Å². The van der Waals surface area contributed by atoms with Gasteiger partial charge >= 0.3 is 0 Å². The molecule has 1 aliphatic rings. The molecule has 1 saturated heterocycles. The highest BCUT2D eigenvalue weighted by molar-refractivity contribution is 5.75. The van der Waals surface area contributed by atoms with Crippen molar-refractivity contribution in [3.63, 3.8) is 0 Å². The van der Waals surface area contributed by atoms with Gasteiger partial charge in [-0.15, -0.1) is 0 Å². The minimum Gasteiger partial charge on any atom is -0.304 e.